The van der Waals surface area contributed by atoms with E-state index in [-0.39, 0.29) is 23.8 Å². The highest BCUT2D eigenvalue weighted by atomic mass is 16.3. The monoisotopic (exact) mass is 277 g/mol. The molecule has 1 aliphatic carbocycles. The van der Waals surface area contributed by atoms with E-state index in [2.05, 4.69) is 20.3 Å². The van der Waals surface area contributed by atoms with Gasteiger partial charge in [0, 0.05) is 6.04 Å². The maximum Gasteiger partial charge on any atom is 0.224 e. The zero-order valence-electron chi connectivity index (χ0n) is 11.3. The first kappa shape index (κ1) is 13.1. The van der Waals surface area contributed by atoms with Gasteiger partial charge in [0.05, 0.1) is 18.5 Å². The van der Waals surface area contributed by atoms with Crippen LogP contribution < -0.4 is 16.8 Å². The Morgan fingerprint density at radius 2 is 2.15 bits per heavy atom. The zero-order chi connectivity index (χ0) is 14.3. The Morgan fingerprint density at radius 1 is 1.35 bits per heavy atom. The number of anilines is 2. The van der Waals surface area contributed by atoms with E-state index in [1.165, 1.54) is 0 Å². The van der Waals surface area contributed by atoms with E-state index in [9.17, 15) is 5.11 Å². The Labute approximate surface area is 116 Å². The maximum absolute atomic E-state index is 10.5. The number of hydrogen-bond donors (Lipinski definition) is 4. The number of imidazole rings is 1. The number of nitrogens with one attached hydrogen (secondary N) is 1. The maximum atomic E-state index is 10.5. The number of fused-ring (bicyclic) bond motifs is 1. The number of nitrogens with zero attached hydrogens (tertiary/aromatic N) is 4. The SMILES string of the molecule is CN[C@@H]1CCC[C@@H](n2cnc3c(N)nc(N)nc32)[C@@H]1O. The lowest BCUT2D eigenvalue weighted by Crippen LogP contribution is -2.45. The van der Waals surface area contributed by atoms with Crippen LogP contribution in [0.5, 0.6) is 0 Å². The van der Waals surface area contributed by atoms with Crippen molar-refractivity contribution in [1.29, 1.82) is 0 Å². The summed E-state index contributed by atoms with van der Waals surface area (Å²) in [5.41, 5.74) is 12.6. The van der Waals surface area contributed by atoms with Gasteiger partial charge < -0.3 is 26.5 Å². The number of hydrogen-bond acceptors (Lipinski definition) is 7. The fourth-order valence-electron chi connectivity index (χ4n) is 2.97. The van der Waals surface area contributed by atoms with Gasteiger partial charge in [0.1, 0.15) is 5.52 Å². The van der Waals surface area contributed by atoms with Crippen molar-refractivity contribution >= 4 is 22.9 Å². The van der Waals surface area contributed by atoms with Gasteiger partial charge in [-0.25, -0.2) is 4.98 Å². The van der Waals surface area contributed by atoms with Crippen molar-refractivity contribution in [3.05, 3.63) is 6.33 Å². The summed E-state index contributed by atoms with van der Waals surface area (Å²) in [6.07, 6.45) is 4.02. The summed E-state index contributed by atoms with van der Waals surface area (Å²) in [6.45, 7) is 0. The number of aromatic nitrogens is 4. The summed E-state index contributed by atoms with van der Waals surface area (Å²) < 4.78 is 1.86. The molecule has 0 unspecified atom stereocenters. The molecule has 0 spiro atoms. The van der Waals surface area contributed by atoms with Crippen LogP contribution in [0.1, 0.15) is 25.3 Å². The number of aliphatic hydroxyl groups excluding tert-OH is 1. The molecule has 20 heavy (non-hydrogen) atoms. The van der Waals surface area contributed by atoms with E-state index < -0.39 is 6.10 Å². The van der Waals surface area contributed by atoms with Crippen LogP contribution in [0.25, 0.3) is 11.2 Å². The van der Waals surface area contributed by atoms with Gasteiger partial charge in [0.25, 0.3) is 0 Å². The van der Waals surface area contributed by atoms with Gasteiger partial charge in [-0.05, 0) is 26.3 Å². The zero-order valence-corrected chi connectivity index (χ0v) is 11.3. The van der Waals surface area contributed by atoms with Crippen molar-refractivity contribution in [3.63, 3.8) is 0 Å². The smallest absolute Gasteiger partial charge is 0.224 e. The highest BCUT2D eigenvalue weighted by molar-refractivity contribution is 5.82. The average molecular weight is 277 g/mol. The fraction of sp³-hybridized carbons (Fsp3) is 0.583. The molecule has 108 valence electrons. The minimum atomic E-state index is -0.497. The molecule has 2 aromatic heterocycles. The molecule has 3 atom stereocenters. The van der Waals surface area contributed by atoms with Crippen molar-refractivity contribution in [1.82, 2.24) is 24.8 Å². The van der Waals surface area contributed by atoms with Gasteiger partial charge in [0.2, 0.25) is 5.95 Å². The Bertz CT molecular complexity index is 626. The highest BCUT2D eigenvalue weighted by Crippen LogP contribution is 2.31. The van der Waals surface area contributed by atoms with Gasteiger partial charge in [-0.15, -0.1) is 0 Å². The van der Waals surface area contributed by atoms with Crippen molar-refractivity contribution in [2.75, 3.05) is 18.5 Å². The molecule has 8 nitrogen and oxygen atoms in total. The summed E-state index contributed by atoms with van der Waals surface area (Å²) in [5.74, 6) is 0.383. The van der Waals surface area contributed by atoms with Crippen LogP contribution in [0.3, 0.4) is 0 Å². The molecule has 6 N–H and O–H groups in total. The first-order chi connectivity index (χ1) is 9.61. The number of likely N-dealkylation sites (N-methyl/N-ethyl adjacent to an activating group) is 1. The lowest BCUT2D eigenvalue weighted by atomic mass is 9.88. The minimum Gasteiger partial charge on any atom is -0.389 e. The summed E-state index contributed by atoms with van der Waals surface area (Å²) in [4.78, 5) is 12.4. The van der Waals surface area contributed by atoms with Crippen LogP contribution in [0, 0.1) is 0 Å². The van der Waals surface area contributed by atoms with E-state index in [1.807, 2.05) is 11.6 Å². The topological polar surface area (TPSA) is 128 Å². The third-order valence-electron chi connectivity index (χ3n) is 4.02. The van der Waals surface area contributed by atoms with Crippen LogP contribution in [0.4, 0.5) is 11.8 Å². The molecular formula is C12H19N7O. The van der Waals surface area contributed by atoms with E-state index in [1.54, 1.807) is 6.33 Å². The van der Waals surface area contributed by atoms with Gasteiger partial charge in [0.15, 0.2) is 11.5 Å². The quantitative estimate of drug-likeness (QED) is 0.591. The van der Waals surface area contributed by atoms with Crippen molar-refractivity contribution in [2.45, 2.75) is 37.5 Å². The molecule has 0 aromatic carbocycles. The van der Waals surface area contributed by atoms with Crippen LogP contribution in [0.2, 0.25) is 0 Å². The van der Waals surface area contributed by atoms with Gasteiger partial charge in [-0.3, -0.25) is 0 Å². The van der Waals surface area contributed by atoms with E-state index in [0.717, 1.165) is 19.3 Å². The van der Waals surface area contributed by atoms with Crippen molar-refractivity contribution < 1.29 is 5.11 Å². The third kappa shape index (κ3) is 1.97. The first-order valence-electron chi connectivity index (χ1n) is 6.72. The Kier molecular flexibility index (Phi) is 3.19. The summed E-state index contributed by atoms with van der Waals surface area (Å²) >= 11 is 0. The predicted octanol–water partition coefficient (Wildman–Crippen LogP) is -0.335. The lowest BCUT2D eigenvalue weighted by molar-refractivity contribution is 0.0473. The molecule has 0 aliphatic heterocycles. The van der Waals surface area contributed by atoms with Gasteiger partial charge >= 0.3 is 0 Å². The molecule has 0 amide bonds. The van der Waals surface area contributed by atoms with Crippen LogP contribution in [-0.2, 0) is 0 Å². The highest BCUT2D eigenvalue weighted by Gasteiger charge is 2.33. The van der Waals surface area contributed by atoms with E-state index in [0.29, 0.717) is 11.2 Å². The molecule has 2 heterocycles. The summed E-state index contributed by atoms with van der Waals surface area (Å²) in [5, 5.41) is 13.6. The van der Waals surface area contributed by atoms with Crippen LogP contribution >= 0.6 is 0 Å². The van der Waals surface area contributed by atoms with E-state index >= 15 is 0 Å². The molecule has 2 aromatic rings. The van der Waals surface area contributed by atoms with Crippen LogP contribution in [-0.4, -0.2) is 43.8 Å². The molecule has 8 heteroatoms. The van der Waals surface area contributed by atoms with Crippen molar-refractivity contribution in [2.24, 2.45) is 0 Å². The second kappa shape index (κ2) is 4.88. The Morgan fingerprint density at radius 3 is 2.90 bits per heavy atom. The van der Waals surface area contributed by atoms with Crippen LogP contribution in [0.15, 0.2) is 6.33 Å². The molecule has 1 aliphatic rings. The first-order valence-corrected chi connectivity index (χ1v) is 6.72. The second-order valence-electron chi connectivity index (χ2n) is 5.18. The summed E-state index contributed by atoms with van der Waals surface area (Å²) in [6, 6.07) is -0.0115. The van der Waals surface area contributed by atoms with Crippen molar-refractivity contribution in [3.8, 4) is 0 Å². The largest absolute Gasteiger partial charge is 0.389 e. The van der Waals surface area contributed by atoms with Gasteiger partial charge in [-0.1, -0.05) is 0 Å². The lowest BCUT2D eigenvalue weighted by Gasteiger charge is -2.35. The number of nitrogen functional groups attached to an aromatic ring is 2. The average Bonchev–Trinajstić information content (AvgIpc) is 2.83. The number of nitrogens with two attached hydrogens (primary N) is 2. The molecule has 0 saturated heterocycles. The van der Waals surface area contributed by atoms with E-state index in [4.69, 9.17) is 11.5 Å². The molecule has 1 saturated carbocycles. The predicted molar refractivity (Wildman–Crippen MR) is 75.9 cm³/mol. The fourth-order valence-corrected chi connectivity index (χ4v) is 2.97. The Balaban J connectivity index is 2.05. The molecule has 0 bridgehead atoms. The third-order valence-corrected chi connectivity index (χ3v) is 4.02. The minimum absolute atomic E-state index is 0.0720. The summed E-state index contributed by atoms with van der Waals surface area (Å²) in [7, 11) is 1.86. The Hall–Kier alpha value is -1.93. The number of aliphatic hydroxyl groups is 1. The standard InChI is InChI=1S/C12H19N7O/c1-15-6-3-2-4-7(9(6)20)19-5-16-8-10(13)17-12(14)18-11(8)19/h5-7,9,15,20H,2-4H2,1H3,(H4,13,14,17,18)/t6-,7-,9-/m1/s1. The molecule has 1 fully saturated rings. The van der Waals surface area contributed by atoms with Gasteiger partial charge in [-0.2, -0.15) is 9.97 Å². The second-order valence-corrected chi connectivity index (χ2v) is 5.18. The molecular weight excluding hydrogens is 258 g/mol. The normalized spacial score (nSPS) is 27.0. The number of rotatable bonds is 2. The molecule has 0 radical (unpaired) electrons. The molecule has 3 rings (SSSR count).